The lowest BCUT2D eigenvalue weighted by molar-refractivity contribution is 0.301. The van der Waals surface area contributed by atoms with E-state index in [2.05, 4.69) is 4.72 Å². The molecule has 8 heteroatoms. The molecule has 0 radical (unpaired) electrons. The highest BCUT2D eigenvalue weighted by molar-refractivity contribution is 7.92. The zero-order chi connectivity index (χ0) is 20.7. The summed E-state index contributed by atoms with van der Waals surface area (Å²) < 4.78 is 54.3. The molecule has 3 rings (SSSR count). The van der Waals surface area contributed by atoms with Crippen molar-refractivity contribution in [1.82, 2.24) is 4.72 Å². The van der Waals surface area contributed by atoms with Crippen LogP contribution in [0.4, 0.5) is 0 Å². The van der Waals surface area contributed by atoms with Gasteiger partial charge in [0.25, 0.3) is 0 Å². The fraction of sp³-hybridized carbons (Fsp3) is 0.400. The average molecular weight is 424 g/mol. The first-order valence-corrected chi connectivity index (χ1v) is 12.2. The molecule has 0 saturated heterocycles. The number of benzene rings is 2. The molecule has 0 bridgehead atoms. The molecule has 2 N–H and O–H groups in total. The molecule has 6 nitrogen and oxygen atoms in total. The lowest BCUT2D eigenvalue weighted by Gasteiger charge is -2.40. The van der Waals surface area contributed by atoms with E-state index in [9.17, 15) is 16.8 Å². The molecular formula is C20H25NO5S2. The number of hydrogen-bond donors (Lipinski definition) is 2. The van der Waals surface area contributed by atoms with E-state index < -0.39 is 25.3 Å². The highest BCUT2D eigenvalue weighted by Gasteiger charge is 2.44. The average Bonchev–Trinajstić information content (AvgIpc) is 2.67. The molecule has 2 aromatic rings. The summed E-state index contributed by atoms with van der Waals surface area (Å²) in [6.07, 6.45) is 1.38. The van der Waals surface area contributed by atoms with Crippen LogP contribution in [0.15, 0.2) is 51.1 Å². The van der Waals surface area contributed by atoms with E-state index in [1.54, 1.807) is 25.1 Å². The van der Waals surface area contributed by atoms with Crippen LogP contribution in [0.5, 0.6) is 0 Å². The van der Waals surface area contributed by atoms with Gasteiger partial charge in [-0.05, 0) is 48.6 Å². The Morgan fingerprint density at radius 3 is 2.29 bits per heavy atom. The predicted octanol–water partition coefficient (Wildman–Crippen LogP) is 2.52. The number of aliphatic hydroxyl groups is 1. The maximum absolute atomic E-state index is 13.4. The Morgan fingerprint density at radius 1 is 1.04 bits per heavy atom. The van der Waals surface area contributed by atoms with Crippen molar-refractivity contribution in [2.75, 3.05) is 13.2 Å². The first-order valence-electron chi connectivity index (χ1n) is 9.26. The van der Waals surface area contributed by atoms with Gasteiger partial charge in [-0.3, -0.25) is 0 Å². The summed E-state index contributed by atoms with van der Waals surface area (Å²) >= 11 is 0. The molecule has 0 aromatic heterocycles. The summed E-state index contributed by atoms with van der Waals surface area (Å²) in [6.45, 7) is 5.22. The number of aryl methyl sites for hydroxylation is 1. The molecule has 28 heavy (non-hydrogen) atoms. The van der Waals surface area contributed by atoms with Gasteiger partial charge in [-0.2, -0.15) is 0 Å². The number of nitrogens with one attached hydrogen (secondary N) is 1. The molecule has 1 aliphatic heterocycles. The Bertz CT molecular complexity index is 1120. The molecule has 152 valence electrons. The van der Waals surface area contributed by atoms with Crippen molar-refractivity contribution < 1.29 is 21.9 Å². The van der Waals surface area contributed by atoms with Crippen molar-refractivity contribution in [3.63, 3.8) is 0 Å². The van der Waals surface area contributed by atoms with Crippen molar-refractivity contribution in [2.24, 2.45) is 0 Å². The fourth-order valence-electron chi connectivity index (χ4n) is 4.18. The first-order chi connectivity index (χ1) is 13.2. The highest BCUT2D eigenvalue weighted by atomic mass is 32.2. The summed E-state index contributed by atoms with van der Waals surface area (Å²) in [5, 5.41) is 8.94. The van der Waals surface area contributed by atoms with E-state index >= 15 is 0 Å². The molecule has 1 heterocycles. The molecule has 0 saturated carbocycles. The third-order valence-electron chi connectivity index (χ3n) is 5.67. The van der Waals surface area contributed by atoms with Crippen LogP contribution in [-0.2, 0) is 25.3 Å². The SMILES string of the molecule is CCC1(CC)c2ccccc2S(=O)(=O)c2cc(S(=O)(=O)NCCO)c(C)cc21. The monoisotopic (exact) mass is 423 g/mol. The Labute approximate surface area is 166 Å². The van der Waals surface area contributed by atoms with E-state index in [4.69, 9.17) is 5.11 Å². The summed E-state index contributed by atoms with van der Waals surface area (Å²) in [7, 11) is -7.79. The Kier molecular flexibility index (Phi) is 5.44. The third-order valence-corrected chi connectivity index (χ3v) is 9.13. The molecule has 0 amide bonds. The van der Waals surface area contributed by atoms with Crippen LogP contribution in [0.25, 0.3) is 0 Å². The molecule has 0 unspecified atom stereocenters. The standard InChI is InChI=1S/C20H25NO5S2/c1-4-20(5-2)15-8-6-7-9-17(15)27(23,24)19-13-18(14(3)12-16(19)20)28(25,26)21-10-11-22/h6-9,12-13,21-22H,4-5,10-11H2,1-3H3. The number of sulfone groups is 1. The van der Waals surface area contributed by atoms with Gasteiger partial charge in [-0.1, -0.05) is 38.1 Å². The van der Waals surface area contributed by atoms with Gasteiger partial charge in [-0.25, -0.2) is 21.6 Å². The fourth-order valence-corrected chi connectivity index (χ4v) is 7.39. The minimum atomic E-state index is -3.94. The van der Waals surface area contributed by atoms with Crippen LogP contribution >= 0.6 is 0 Å². The maximum atomic E-state index is 13.4. The Balaban J connectivity index is 2.38. The van der Waals surface area contributed by atoms with Crippen LogP contribution in [0, 0.1) is 6.92 Å². The van der Waals surface area contributed by atoms with E-state index in [0.29, 0.717) is 24.0 Å². The number of fused-ring (bicyclic) bond motifs is 2. The molecule has 0 spiro atoms. The van der Waals surface area contributed by atoms with E-state index in [1.165, 1.54) is 6.07 Å². The highest BCUT2D eigenvalue weighted by Crippen LogP contribution is 2.50. The summed E-state index contributed by atoms with van der Waals surface area (Å²) in [6, 6.07) is 9.94. The number of sulfonamides is 1. The van der Waals surface area contributed by atoms with Crippen LogP contribution in [-0.4, -0.2) is 35.1 Å². The van der Waals surface area contributed by atoms with Gasteiger partial charge in [0.2, 0.25) is 19.9 Å². The zero-order valence-electron chi connectivity index (χ0n) is 16.2. The quantitative estimate of drug-likeness (QED) is 0.744. The van der Waals surface area contributed by atoms with Crippen molar-refractivity contribution in [1.29, 1.82) is 0 Å². The molecule has 0 atom stereocenters. The second-order valence-corrected chi connectivity index (χ2v) is 10.6. The van der Waals surface area contributed by atoms with Crippen molar-refractivity contribution in [2.45, 2.75) is 53.7 Å². The normalized spacial score (nSPS) is 17.0. The van der Waals surface area contributed by atoms with Crippen LogP contribution in [0.2, 0.25) is 0 Å². The van der Waals surface area contributed by atoms with Crippen LogP contribution < -0.4 is 4.72 Å². The Hall–Kier alpha value is -1.74. The van der Waals surface area contributed by atoms with Crippen molar-refractivity contribution >= 4 is 19.9 Å². The van der Waals surface area contributed by atoms with Crippen molar-refractivity contribution in [3.05, 3.63) is 53.1 Å². The zero-order valence-corrected chi connectivity index (χ0v) is 17.8. The molecular weight excluding hydrogens is 398 g/mol. The largest absolute Gasteiger partial charge is 0.395 e. The summed E-state index contributed by atoms with van der Waals surface area (Å²) in [5.74, 6) is 0. The minimum Gasteiger partial charge on any atom is -0.395 e. The minimum absolute atomic E-state index is 0.0462. The maximum Gasteiger partial charge on any atom is 0.240 e. The molecule has 0 aliphatic carbocycles. The molecule has 0 fully saturated rings. The van der Waals surface area contributed by atoms with E-state index in [0.717, 1.165) is 5.56 Å². The van der Waals surface area contributed by atoms with Crippen LogP contribution in [0.1, 0.15) is 43.4 Å². The van der Waals surface area contributed by atoms with Gasteiger partial charge >= 0.3 is 0 Å². The number of aliphatic hydroxyl groups excluding tert-OH is 1. The lowest BCUT2D eigenvalue weighted by atomic mass is 9.70. The van der Waals surface area contributed by atoms with Gasteiger partial charge < -0.3 is 5.11 Å². The van der Waals surface area contributed by atoms with Gasteiger partial charge in [-0.15, -0.1) is 0 Å². The van der Waals surface area contributed by atoms with Crippen LogP contribution in [0.3, 0.4) is 0 Å². The second kappa shape index (κ2) is 7.26. The van der Waals surface area contributed by atoms with Gasteiger partial charge in [0.1, 0.15) is 0 Å². The van der Waals surface area contributed by atoms with Crippen molar-refractivity contribution in [3.8, 4) is 0 Å². The van der Waals surface area contributed by atoms with Gasteiger partial charge in [0, 0.05) is 12.0 Å². The number of rotatable bonds is 6. The molecule has 1 aliphatic rings. The lowest BCUT2D eigenvalue weighted by Crippen LogP contribution is -2.35. The second-order valence-electron chi connectivity index (χ2n) is 7.02. The number of hydrogen-bond acceptors (Lipinski definition) is 5. The third kappa shape index (κ3) is 2.99. The first kappa shape index (κ1) is 21.0. The molecule has 2 aromatic carbocycles. The van der Waals surface area contributed by atoms with Gasteiger partial charge in [0.05, 0.1) is 21.3 Å². The predicted molar refractivity (Wildman–Crippen MR) is 107 cm³/mol. The van der Waals surface area contributed by atoms with Gasteiger partial charge in [0.15, 0.2) is 0 Å². The topological polar surface area (TPSA) is 101 Å². The Morgan fingerprint density at radius 2 is 1.68 bits per heavy atom. The van der Waals surface area contributed by atoms with E-state index in [1.807, 2.05) is 26.0 Å². The van der Waals surface area contributed by atoms with E-state index in [-0.39, 0.29) is 27.8 Å². The smallest absolute Gasteiger partial charge is 0.240 e. The summed E-state index contributed by atoms with van der Waals surface area (Å²) in [5.41, 5.74) is 1.39. The summed E-state index contributed by atoms with van der Waals surface area (Å²) in [4.78, 5) is 0.204.